The first-order valence-corrected chi connectivity index (χ1v) is 3.59. The third kappa shape index (κ3) is 1.33. The molecule has 0 amide bonds. The fourth-order valence-corrected chi connectivity index (χ4v) is 0.919. The highest BCUT2D eigenvalue weighted by Crippen LogP contribution is 2.20. The van der Waals surface area contributed by atoms with Crippen LogP contribution in [0.4, 0.5) is 0 Å². The first kappa shape index (κ1) is 7.66. The van der Waals surface area contributed by atoms with Crippen molar-refractivity contribution in [3.05, 3.63) is 18.7 Å². The molecule has 2 N–H and O–H groups in total. The summed E-state index contributed by atoms with van der Waals surface area (Å²) in [4.78, 5) is 7.91. The van der Waals surface area contributed by atoms with E-state index in [9.17, 15) is 0 Å². The number of hydrogen-bond donors (Lipinski definition) is 1. The minimum Gasteiger partial charge on any atom is -0.467 e. The minimum atomic E-state index is 0.349. The number of nitrogens with zero attached hydrogens (tertiary/aromatic N) is 3. The van der Waals surface area contributed by atoms with Gasteiger partial charge in [0.1, 0.15) is 18.2 Å². The molecule has 0 unspecified atom stereocenters. The lowest BCUT2D eigenvalue weighted by Gasteiger charge is -1.88. The van der Waals surface area contributed by atoms with E-state index in [1.807, 2.05) is 0 Å². The zero-order valence-corrected chi connectivity index (χ0v) is 6.97. The van der Waals surface area contributed by atoms with Gasteiger partial charge in [0, 0.05) is 0 Å². The van der Waals surface area contributed by atoms with E-state index in [1.165, 1.54) is 24.3 Å². The van der Waals surface area contributed by atoms with Crippen LogP contribution in [-0.2, 0) is 0 Å². The van der Waals surface area contributed by atoms with E-state index in [0.29, 0.717) is 17.5 Å². The van der Waals surface area contributed by atoms with Crippen LogP contribution in [0, 0.1) is 0 Å². The van der Waals surface area contributed by atoms with E-state index < -0.39 is 0 Å². The maximum absolute atomic E-state index is 5.41. The van der Waals surface area contributed by atoms with Crippen molar-refractivity contribution in [3.8, 4) is 17.5 Å². The molecular formula is C7H8N4O2. The number of methoxy groups -OCH3 is 1. The molecule has 0 spiro atoms. The number of nitrogen functional groups attached to an aromatic ring is 1. The fourth-order valence-electron chi connectivity index (χ4n) is 0.919. The third-order valence-electron chi connectivity index (χ3n) is 1.51. The molecule has 13 heavy (non-hydrogen) atoms. The summed E-state index contributed by atoms with van der Waals surface area (Å²) in [5, 5.41) is 0. The summed E-state index contributed by atoms with van der Waals surface area (Å²) in [6.07, 6.45) is 4.54. The van der Waals surface area contributed by atoms with Gasteiger partial charge in [0.2, 0.25) is 0 Å². The zero-order chi connectivity index (χ0) is 9.26. The molecule has 2 heterocycles. The second kappa shape index (κ2) is 2.81. The molecule has 0 fully saturated rings. The van der Waals surface area contributed by atoms with E-state index in [-0.39, 0.29) is 0 Å². The fraction of sp³-hybridized carbons (Fsp3) is 0.143. The molecule has 0 aliphatic carbocycles. The number of hydrogen-bond acceptors (Lipinski definition) is 5. The molecule has 2 aromatic heterocycles. The highest BCUT2D eigenvalue weighted by Gasteiger charge is 2.08. The summed E-state index contributed by atoms with van der Waals surface area (Å²) in [6, 6.07) is 0. The van der Waals surface area contributed by atoms with Crippen molar-refractivity contribution in [1.82, 2.24) is 14.6 Å². The SMILES string of the molecule is COc1cnc(-c2cn(N)cn2)o1. The molecule has 0 saturated carbocycles. The Bertz CT molecular complexity index is 406. The van der Waals surface area contributed by atoms with Gasteiger partial charge >= 0.3 is 5.95 Å². The Kier molecular flexibility index (Phi) is 1.66. The van der Waals surface area contributed by atoms with Gasteiger partial charge in [0.25, 0.3) is 5.89 Å². The van der Waals surface area contributed by atoms with Crippen LogP contribution < -0.4 is 10.6 Å². The highest BCUT2D eigenvalue weighted by molar-refractivity contribution is 5.45. The number of oxazole rings is 1. The van der Waals surface area contributed by atoms with Gasteiger partial charge in [-0.1, -0.05) is 0 Å². The van der Waals surface area contributed by atoms with E-state index >= 15 is 0 Å². The predicted octanol–water partition coefficient (Wildman–Crippen LogP) is 0.261. The normalized spacial score (nSPS) is 10.2. The molecule has 6 nitrogen and oxygen atoms in total. The molecule has 2 rings (SSSR count). The molecule has 6 heteroatoms. The Morgan fingerprint density at radius 1 is 1.54 bits per heavy atom. The second-order valence-corrected chi connectivity index (χ2v) is 2.39. The van der Waals surface area contributed by atoms with Crippen LogP contribution >= 0.6 is 0 Å². The third-order valence-corrected chi connectivity index (χ3v) is 1.51. The van der Waals surface area contributed by atoms with Crippen LogP contribution in [0.15, 0.2) is 23.1 Å². The Hall–Kier alpha value is -1.98. The molecule has 0 aliphatic rings. The minimum absolute atomic E-state index is 0.349. The first-order valence-electron chi connectivity index (χ1n) is 3.59. The molecule has 2 aromatic rings. The van der Waals surface area contributed by atoms with Crippen LogP contribution in [0.2, 0.25) is 0 Å². The van der Waals surface area contributed by atoms with E-state index in [2.05, 4.69) is 9.97 Å². The average Bonchev–Trinajstić information content (AvgIpc) is 2.71. The zero-order valence-electron chi connectivity index (χ0n) is 6.97. The van der Waals surface area contributed by atoms with Crippen LogP contribution in [0.5, 0.6) is 5.95 Å². The van der Waals surface area contributed by atoms with Crippen LogP contribution in [0.1, 0.15) is 0 Å². The summed E-state index contributed by atoms with van der Waals surface area (Å²) < 4.78 is 11.3. The molecule has 0 saturated heterocycles. The lowest BCUT2D eigenvalue weighted by molar-refractivity contribution is 0.308. The smallest absolute Gasteiger partial charge is 0.305 e. The number of nitrogens with two attached hydrogens (primary N) is 1. The highest BCUT2D eigenvalue weighted by atomic mass is 16.6. The molecule has 68 valence electrons. The maximum Gasteiger partial charge on any atom is 0.305 e. The maximum atomic E-state index is 5.41. The Balaban J connectivity index is 2.35. The van der Waals surface area contributed by atoms with Crippen molar-refractivity contribution in [3.63, 3.8) is 0 Å². The van der Waals surface area contributed by atoms with Gasteiger partial charge in [-0.2, -0.15) is 0 Å². The number of rotatable bonds is 2. The molecule has 0 atom stereocenters. The molecule has 0 aromatic carbocycles. The predicted molar refractivity (Wildman–Crippen MR) is 44.4 cm³/mol. The van der Waals surface area contributed by atoms with Gasteiger partial charge in [-0.25, -0.2) is 9.97 Å². The average molecular weight is 180 g/mol. The van der Waals surface area contributed by atoms with Gasteiger partial charge in [-0.05, 0) is 0 Å². The first-order chi connectivity index (χ1) is 6.29. The van der Waals surface area contributed by atoms with Crippen LogP contribution in [-0.4, -0.2) is 21.8 Å². The van der Waals surface area contributed by atoms with Crippen molar-refractivity contribution in [2.75, 3.05) is 13.0 Å². The van der Waals surface area contributed by atoms with Crippen molar-refractivity contribution < 1.29 is 9.15 Å². The summed E-state index contributed by atoms with van der Waals surface area (Å²) in [5.41, 5.74) is 0.575. The lowest BCUT2D eigenvalue weighted by Crippen LogP contribution is -2.02. The van der Waals surface area contributed by atoms with Crippen LogP contribution in [0.25, 0.3) is 11.6 Å². The van der Waals surface area contributed by atoms with E-state index in [0.717, 1.165) is 0 Å². The van der Waals surface area contributed by atoms with Crippen molar-refractivity contribution in [2.24, 2.45) is 0 Å². The topological polar surface area (TPSA) is 79.1 Å². The molecule has 0 aliphatic heterocycles. The lowest BCUT2D eigenvalue weighted by atomic mass is 10.5. The van der Waals surface area contributed by atoms with Gasteiger partial charge in [-0.3, -0.25) is 4.68 Å². The Morgan fingerprint density at radius 3 is 2.92 bits per heavy atom. The van der Waals surface area contributed by atoms with Crippen molar-refractivity contribution in [2.45, 2.75) is 0 Å². The van der Waals surface area contributed by atoms with Gasteiger partial charge in [0.05, 0.1) is 13.3 Å². The van der Waals surface area contributed by atoms with Crippen molar-refractivity contribution >= 4 is 0 Å². The number of aromatic nitrogens is 3. The molecular weight excluding hydrogens is 172 g/mol. The van der Waals surface area contributed by atoms with Gasteiger partial charge in [0.15, 0.2) is 0 Å². The molecule has 0 bridgehead atoms. The van der Waals surface area contributed by atoms with Crippen LogP contribution in [0.3, 0.4) is 0 Å². The largest absolute Gasteiger partial charge is 0.467 e. The summed E-state index contributed by atoms with van der Waals surface area (Å²) >= 11 is 0. The number of ether oxygens (including phenoxy) is 1. The number of imidazole rings is 1. The summed E-state index contributed by atoms with van der Waals surface area (Å²) in [7, 11) is 1.51. The summed E-state index contributed by atoms with van der Waals surface area (Å²) in [6.45, 7) is 0. The van der Waals surface area contributed by atoms with E-state index in [1.54, 1.807) is 6.20 Å². The van der Waals surface area contributed by atoms with E-state index in [4.69, 9.17) is 15.0 Å². The Morgan fingerprint density at radius 2 is 2.38 bits per heavy atom. The summed E-state index contributed by atoms with van der Waals surface area (Å²) in [5.74, 6) is 6.15. The molecule has 0 radical (unpaired) electrons. The monoisotopic (exact) mass is 180 g/mol. The standard InChI is InChI=1S/C7H8N4O2/c1-12-6-2-9-7(13-6)5-3-11(8)4-10-5/h2-4H,8H2,1H3. The van der Waals surface area contributed by atoms with Gasteiger partial charge in [-0.15, -0.1) is 0 Å². The quantitative estimate of drug-likeness (QED) is 0.670. The van der Waals surface area contributed by atoms with Gasteiger partial charge < -0.3 is 15.0 Å². The Labute approximate surface area is 73.9 Å². The second-order valence-electron chi connectivity index (χ2n) is 2.39. The van der Waals surface area contributed by atoms with Crippen molar-refractivity contribution in [1.29, 1.82) is 0 Å².